The smallest absolute Gasteiger partial charge is 0.338 e. The molecule has 0 radical (unpaired) electrons. The van der Waals surface area contributed by atoms with E-state index in [4.69, 9.17) is 4.74 Å². The third-order valence-corrected chi connectivity index (χ3v) is 8.87. The molecule has 2 aliphatic carbocycles. The summed E-state index contributed by atoms with van der Waals surface area (Å²) >= 11 is 3.38. The van der Waals surface area contributed by atoms with Crippen LogP contribution in [0.1, 0.15) is 40.2 Å². The summed E-state index contributed by atoms with van der Waals surface area (Å²) in [7, 11) is 0. The molecule has 39 heavy (non-hydrogen) atoms. The average molecular weight is 587 g/mol. The van der Waals surface area contributed by atoms with Crippen LogP contribution in [0.2, 0.25) is 0 Å². The highest BCUT2D eigenvalue weighted by atomic mass is 79.9. The van der Waals surface area contributed by atoms with Crippen LogP contribution in [0.3, 0.4) is 0 Å². The number of imide groups is 1. The Kier molecular flexibility index (Phi) is 6.59. The van der Waals surface area contributed by atoms with Gasteiger partial charge in [0.1, 0.15) is 0 Å². The lowest BCUT2D eigenvalue weighted by atomic mass is 9.73. The first kappa shape index (κ1) is 25.5. The molecule has 1 heterocycles. The highest BCUT2D eigenvalue weighted by molar-refractivity contribution is 9.10. The third kappa shape index (κ3) is 4.56. The Morgan fingerprint density at radius 1 is 0.949 bits per heavy atom. The second-order valence-electron chi connectivity index (χ2n) is 10.6. The van der Waals surface area contributed by atoms with Crippen LogP contribution in [0.5, 0.6) is 0 Å². The Morgan fingerprint density at radius 2 is 1.72 bits per heavy atom. The number of rotatable bonds is 6. The minimum atomic E-state index is -0.706. The molecule has 3 aromatic carbocycles. The molecule has 2 saturated carbocycles. The number of nitrogens with zero attached hydrogens (tertiary/aromatic N) is 1. The number of carbonyl (C=O) groups is 4. The Bertz CT molecular complexity index is 1490. The van der Waals surface area contributed by atoms with Gasteiger partial charge in [-0.1, -0.05) is 52.3 Å². The van der Waals surface area contributed by atoms with Crippen molar-refractivity contribution in [1.82, 2.24) is 0 Å². The van der Waals surface area contributed by atoms with Gasteiger partial charge in [-0.15, -0.1) is 0 Å². The molecule has 2 bridgehead atoms. The summed E-state index contributed by atoms with van der Waals surface area (Å²) in [6.45, 7) is 1.40. The van der Waals surface area contributed by atoms with E-state index in [2.05, 4.69) is 33.4 Å². The molecule has 1 aliphatic heterocycles. The van der Waals surface area contributed by atoms with Crippen LogP contribution in [0.25, 0.3) is 0 Å². The zero-order valence-corrected chi connectivity index (χ0v) is 22.9. The van der Waals surface area contributed by atoms with Crippen molar-refractivity contribution in [2.75, 3.05) is 16.8 Å². The van der Waals surface area contributed by atoms with Gasteiger partial charge in [0.05, 0.1) is 23.1 Å². The van der Waals surface area contributed by atoms with Gasteiger partial charge < -0.3 is 10.1 Å². The molecular formula is C31H27BrN2O5. The average Bonchev–Trinajstić information content (AvgIpc) is 3.60. The maximum Gasteiger partial charge on any atom is 0.338 e. The van der Waals surface area contributed by atoms with E-state index in [1.807, 2.05) is 37.3 Å². The van der Waals surface area contributed by atoms with Gasteiger partial charge in [0.25, 0.3) is 5.91 Å². The molecule has 6 rings (SSSR count). The fraction of sp³-hybridized carbons (Fsp3) is 0.290. The summed E-state index contributed by atoms with van der Waals surface area (Å²) in [5.41, 5.74) is 3.25. The monoisotopic (exact) mass is 586 g/mol. The number of fused-ring (bicyclic) bond motifs is 5. The first-order chi connectivity index (χ1) is 18.8. The van der Waals surface area contributed by atoms with E-state index in [0.717, 1.165) is 22.9 Å². The number of hydrogen-bond donors (Lipinski definition) is 1. The van der Waals surface area contributed by atoms with Crippen LogP contribution in [-0.4, -0.2) is 30.3 Å². The number of amides is 3. The molecule has 1 saturated heterocycles. The number of ether oxygens (including phenoxy) is 1. The predicted molar refractivity (Wildman–Crippen MR) is 149 cm³/mol. The molecule has 1 N–H and O–H groups in total. The van der Waals surface area contributed by atoms with Crippen molar-refractivity contribution in [2.45, 2.75) is 25.7 Å². The second kappa shape index (κ2) is 10.1. The SMILES string of the molecule is Cc1cc(Br)ccc1NC(=O)COC(=O)c1cccc(N2C(=O)[C@@H]3[C@@H]4C[C@@H]([C@H]3C2=O)[C@@H](c2ccccc2)C4)c1. The topological polar surface area (TPSA) is 92.8 Å². The van der Waals surface area contributed by atoms with Gasteiger partial charge in [0.2, 0.25) is 11.8 Å². The normalized spacial score (nSPS) is 25.1. The summed E-state index contributed by atoms with van der Waals surface area (Å²) < 4.78 is 6.13. The number of nitrogens with one attached hydrogen (secondary N) is 1. The predicted octanol–water partition coefficient (Wildman–Crippen LogP) is 5.48. The molecular weight excluding hydrogens is 560 g/mol. The van der Waals surface area contributed by atoms with Gasteiger partial charge in [-0.2, -0.15) is 0 Å². The largest absolute Gasteiger partial charge is 0.452 e. The van der Waals surface area contributed by atoms with Gasteiger partial charge in [0, 0.05) is 10.2 Å². The van der Waals surface area contributed by atoms with Gasteiger partial charge in [-0.3, -0.25) is 19.3 Å². The van der Waals surface area contributed by atoms with E-state index in [1.165, 1.54) is 16.5 Å². The summed E-state index contributed by atoms with van der Waals surface area (Å²) in [5, 5.41) is 2.73. The fourth-order valence-electron chi connectivity index (χ4n) is 6.74. The number of aryl methyl sites for hydroxylation is 1. The van der Waals surface area contributed by atoms with E-state index >= 15 is 0 Å². The fourth-order valence-corrected chi connectivity index (χ4v) is 7.21. The van der Waals surface area contributed by atoms with E-state index in [0.29, 0.717) is 11.4 Å². The van der Waals surface area contributed by atoms with Gasteiger partial charge >= 0.3 is 5.97 Å². The molecule has 0 unspecified atom stereocenters. The molecule has 5 atom stereocenters. The van der Waals surface area contributed by atoms with Crippen LogP contribution in [0, 0.1) is 30.6 Å². The van der Waals surface area contributed by atoms with Crippen molar-refractivity contribution in [3.05, 3.63) is 94.0 Å². The number of benzene rings is 3. The van der Waals surface area contributed by atoms with Crippen molar-refractivity contribution in [2.24, 2.45) is 23.7 Å². The molecule has 198 valence electrons. The summed E-state index contributed by atoms with van der Waals surface area (Å²) in [6, 6.07) is 22.0. The quantitative estimate of drug-likeness (QED) is 0.305. The first-order valence-electron chi connectivity index (χ1n) is 13.1. The van der Waals surface area contributed by atoms with Gasteiger partial charge in [-0.05, 0) is 85.0 Å². The minimum Gasteiger partial charge on any atom is -0.452 e. The van der Waals surface area contributed by atoms with E-state index in [-0.39, 0.29) is 47.0 Å². The maximum absolute atomic E-state index is 13.6. The van der Waals surface area contributed by atoms with Crippen molar-refractivity contribution >= 4 is 51.0 Å². The lowest BCUT2D eigenvalue weighted by Crippen LogP contribution is -2.33. The molecule has 3 aliphatic rings. The van der Waals surface area contributed by atoms with Gasteiger partial charge in [-0.25, -0.2) is 4.79 Å². The van der Waals surface area contributed by atoms with Gasteiger partial charge in [0.15, 0.2) is 6.61 Å². The minimum absolute atomic E-state index is 0.143. The zero-order valence-electron chi connectivity index (χ0n) is 21.3. The highest BCUT2D eigenvalue weighted by Crippen LogP contribution is 2.61. The van der Waals surface area contributed by atoms with Crippen LogP contribution in [-0.2, 0) is 19.1 Å². The van der Waals surface area contributed by atoms with Crippen molar-refractivity contribution in [3.63, 3.8) is 0 Å². The molecule has 0 spiro atoms. The molecule has 3 amide bonds. The number of esters is 1. The van der Waals surface area contributed by atoms with Crippen molar-refractivity contribution in [3.8, 4) is 0 Å². The molecule has 7 nitrogen and oxygen atoms in total. The Labute approximate surface area is 234 Å². The molecule has 3 aromatic rings. The molecule has 8 heteroatoms. The summed E-state index contributed by atoms with van der Waals surface area (Å²) in [5.74, 6) is -1.56. The standard InChI is InChI=1S/C31H27BrN2O5/c1-17-12-21(32)10-11-25(17)33-26(35)16-39-31(38)19-8-5-9-22(13-19)34-29(36)27-20-14-23(18-6-3-2-4-7-18)24(15-20)28(27)30(34)37/h2-13,20,23-24,27-28H,14-16H2,1H3,(H,33,35)/t20-,23+,24+,27+,28+/m0/s1. The molecule has 3 fully saturated rings. The lowest BCUT2D eigenvalue weighted by Gasteiger charge is -2.28. The lowest BCUT2D eigenvalue weighted by molar-refractivity contribution is -0.123. The number of halogens is 1. The van der Waals surface area contributed by atoms with Crippen LogP contribution < -0.4 is 10.2 Å². The Hall–Kier alpha value is -3.78. The number of anilines is 2. The highest BCUT2D eigenvalue weighted by Gasteiger charge is 2.64. The first-order valence-corrected chi connectivity index (χ1v) is 13.9. The summed E-state index contributed by atoms with van der Waals surface area (Å²) in [4.78, 5) is 53.5. The van der Waals surface area contributed by atoms with Crippen LogP contribution >= 0.6 is 15.9 Å². The van der Waals surface area contributed by atoms with Crippen LogP contribution in [0.4, 0.5) is 11.4 Å². The van der Waals surface area contributed by atoms with E-state index in [9.17, 15) is 19.2 Å². The Balaban J connectivity index is 1.14. The number of carbonyl (C=O) groups excluding carboxylic acids is 4. The molecule has 0 aromatic heterocycles. The van der Waals surface area contributed by atoms with Crippen molar-refractivity contribution < 1.29 is 23.9 Å². The Morgan fingerprint density at radius 3 is 2.49 bits per heavy atom. The van der Waals surface area contributed by atoms with Crippen LogP contribution in [0.15, 0.2) is 77.3 Å². The van der Waals surface area contributed by atoms with Crippen molar-refractivity contribution in [1.29, 1.82) is 0 Å². The van der Waals surface area contributed by atoms with E-state index < -0.39 is 18.5 Å². The third-order valence-electron chi connectivity index (χ3n) is 8.38. The zero-order chi connectivity index (χ0) is 27.3. The number of hydrogen-bond acceptors (Lipinski definition) is 5. The second-order valence-corrected chi connectivity index (χ2v) is 11.5. The maximum atomic E-state index is 13.6. The van der Waals surface area contributed by atoms with E-state index in [1.54, 1.807) is 24.3 Å². The summed E-state index contributed by atoms with van der Waals surface area (Å²) in [6.07, 6.45) is 1.81.